The zero-order chi connectivity index (χ0) is 16.4. The van der Waals surface area contributed by atoms with Gasteiger partial charge in [-0.2, -0.15) is 10.4 Å². The highest BCUT2D eigenvalue weighted by molar-refractivity contribution is 5.93. The Morgan fingerprint density at radius 2 is 2.30 bits per heavy atom. The van der Waals surface area contributed by atoms with Crippen molar-refractivity contribution in [2.75, 3.05) is 23.3 Å². The topological polar surface area (TPSA) is 97.7 Å². The summed E-state index contributed by atoms with van der Waals surface area (Å²) in [4.78, 5) is 19.0. The number of H-pyrrole nitrogens is 1. The van der Waals surface area contributed by atoms with Crippen molar-refractivity contribution >= 4 is 17.5 Å². The third-order valence-corrected chi connectivity index (χ3v) is 4.22. The van der Waals surface area contributed by atoms with Gasteiger partial charge >= 0.3 is 0 Å². The molecule has 7 heteroatoms. The van der Waals surface area contributed by atoms with Crippen LogP contribution in [0, 0.1) is 30.1 Å². The van der Waals surface area contributed by atoms with E-state index in [1.807, 2.05) is 25.1 Å². The van der Waals surface area contributed by atoms with Crippen molar-refractivity contribution in [1.82, 2.24) is 15.2 Å². The fourth-order valence-electron chi connectivity index (χ4n) is 2.90. The summed E-state index contributed by atoms with van der Waals surface area (Å²) in [5.41, 5.74) is 1.03. The van der Waals surface area contributed by atoms with E-state index < -0.39 is 0 Å². The Balaban J connectivity index is 1.72. The van der Waals surface area contributed by atoms with Gasteiger partial charge in [-0.05, 0) is 25.0 Å². The molecule has 2 aromatic heterocycles. The predicted molar refractivity (Wildman–Crippen MR) is 85.8 cm³/mol. The van der Waals surface area contributed by atoms with Crippen molar-refractivity contribution in [1.29, 1.82) is 5.26 Å². The summed E-state index contributed by atoms with van der Waals surface area (Å²) < 4.78 is 0. The predicted octanol–water partition coefficient (Wildman–Crippen LogP) is 1.70. The van der Waals surface area contributed by atoms with E-state index in [0.717, 1.165) is 12.4 Å². The van der Waals surface area contributed by atoms with Gasteiger partial charge < -0.3 is 10.2 Å². The molecule has 1 amide bonds. The van der Waals surface area contributed by atoms with E-state index in [1.54, 1.807) is 13.1 Å². The van der Waals surface area contributed by atoms with E-state index in [4.69, 9.17) is 5.26 Å². The second-order valence-corrected chi connectivity index (χ2v) is 5.85. The molecular formula is C16H18N6O. The van der Waals surface area contributed by atoms with Crippen LogP contribution in [0.3, 0.4) is 0 Å². The van der Waals surface area contributed by atoms with Crippen molar-refractivity contribution in [3.63, 3.8) is 0 Å². The van der Waals surface area contributed by atoms with Crippen molar-refractivity contribution in [2.45, 2.75) is 13.8 Å². The standard InChI is InChI=1S/C16H18N6O/c1-10-8-22(14-5-3-4-6-18-14)9-13(10)16(23)19-15-12(7-17)11(2)20-21-15/h3-6,10,13H,8-9H2,1-2H3,(H2,19,20,21,23)/t10-,13-/m1/s1. The molecule has 0 unspecified atom stereocenters. The fraction of sp³-hybridized carbons (Fsp3) is 0.375. The van der Waals surface area contributed by atoms with Crippen LogP contribution >= 0.6 is 0 Å². The summed E-state index contributed by atoms with van der Waals surface area (Å²) in [5.74, 6) is 1.10. The number of aromatic amines is 1. The van der Waals surface area contributed by atoms with Gasteiger partial charge in [-0.15, -0.1) is 0 Å². The van der Waals surface area contributed by atoms with E-state index in [0.29, 0.717) is 23.6 Å². The maximum atomic E-state index is 12.6. The highest BCUT2D eigenvalue weighted by atomic mass is 16.2. The molecule has 0 spiro atoms. The number of hydrogen-bond donors (Lipinski definition) is 2. The molecule has 0 aliphatic carbocycles. The lowest BCUT2D eigenvalue weighted by Crippen LogP contribution is -2.29. The molecule has 1 aliphatic heterocycles. The van der Waals surface area contributed by atoms with Crippen LogP contribution in [0.2, 0.25) is 0 Å². The lowest BCUT2D eigenvalue weighted by molar-refractivity contribution is -0.120. The van der Waals surface area contributed by atoms with Crippen LogP contribution in [0.25, 0.3) is 0 Å². The minimum atomic E-state index is -0.166. The number of aryl methyl sites for hydroxylation is 1. The van der Waals surface area contributed by atoms with Crippen molar-refractivity contribution < 1.29 is 4.79 Å². The number of nitrogens with zero attached hydrogens (tertiary/aromatic N) is 4. The highest BCUT2D eigenvalue weighted by Crippen LogP contribution is 2.28. The van der Waals surface area contributed by atoms with Crippen LogP contribution in [0.1, 0.15) is 18.2 Å². The van der Waals surface area contributed by atoms with Crippen molar-refractivity contribution in [3.05, 3.63) is 35.7 Å². The average Bonchev–Trinajstić information content (AvgIpc) is 3.11. The summed E-state index contributed by atoms with van der Waals surface area (Å²) in [5, 5.41) is 18.6. The number of nitrogens with one attached hydrogen (secondary N) is 2. The molecule has 0 bridgehead atoms. The molecule has 0 aromatic carbocycles. The Hall–Kier alpha value is -2.88. The number of rotatable bonds is 3. The summed E-state index contributed by atoms with van der Waals surface area (Å²) >= 11 is 0. The zero-order valence-electron chi connectivity index (χ0n) is 13.1. The minimum absolute atomic E-state index is 0.112. The van der Waals surface area contributed by atoms with Gasteiger partial charge in [0.1, 0.15) is 17.5 Å². The number of carbonyl (C=O) groups is 1. The molecule has 0 saturated carbocycles. The number of hydrogen-bond acceptors (Lipinski definition) is 5. The average molecular weight is 310 g/mol. The summed E-state index contributed by atoms with van der Waals surface area (Å²) in [6.07, 6.45) is 1.75. The van der Waals surface area contributed by atoms with Gasteiger partial charge in [0.05, 0.1) is 11.6 Å². The Morgan fingerprint density at radius 1 is 1.48 bits per heavy atom. The molecule has 118 valence electrons. The van der Waals surface area contributed by atoms with Gasteiger partial charge in [-0.25, -0.2) is 4.98 Å². The van der Waals surface area contributed by atoms with Gasteiger partial charge in [0, 0.05) is 19.3 Å². The first-order valence-electron chi connectivity index (χ1n) is 7.52. The van der Waals surface area contributed by atoms with Crippen LogP contribution in [0.15, 0.2) is 24.4 Å². The number of anilines is 2. The highest BCUT2D eigenvalue weighted by Gasteiger charge is 2.35. The lowest BCUT2D eigenvalue weighted by atomic mass is 9.97. The van der Waals surface area contributed by atoms with Crippen molar-refractivity contribution in [2.24, 2.45) is 11.8 Å². The molecule has 0 radical (unpaired) electrons. The Kier molecular flexibility index (Phi) is 3.98. The Morgan fingerprint density at radius 3 is 3.00 bits per heavy atom. The first kappa shape index (κ1) is 15.0. The largest absolute Gasteiger partial charge is 0.356 e. The molecule has 1 aliphatic rings. The van der Waals surface area contributed by atoms with Crippen LogP contribution in [-0.2, 0) is 4.79 Å². The van der Waals surface area contributed by atoms with Crippen LogP contribution in [0.5, 0.6) is 0 Å². The van der Waals surface area contributed by atoms with E-state index in [-0.39, 0.29) is 17.7 Å². The molecule has 1 saturated heterocycles. The van der Waals surface area contributed by atoms with E-state index in [2.05, 4.69) is 31.5 Å². The van der Waals surface area contributed by atoms with E-state index in [1.165, 1.54) is 0 Å². The van der Waals surface area contributed by atoms with Crippen LogP contribution in [0.4, 0.5) is 11.6 Å². The second kappa shape index (κ2) is 6.08. The van der Waals surface area contributed by atoms with Gasteiger partial charge in [0.15, 0.2) is 5.82 Å². The fourth-order valence-corrected chi connectivity index (χ4v) is 2.90. The van der Waals surface area contributed by atoms with Crippen molar-refractivity contribution in [3.8, 4) is 6.07 Å². The molecule has 2 N–H and O–H groups in total. The Bertz CT molecular complexity index is 748. The van der Waals surface area contributed by atoms with Gasteiger partial charge in [-0.3, -0.25) is 9.89 Å². The van der Waals surface area contributed by atoms with Gasteiger partial charge in [0.25, 0.3) is 0 Å². The minimum Gasteiger partial charge on any atom is -0.356 e. The smallest absolute Gasteiger partial charge is 0.230 e. The van der Waals surface area contributed by atoms with Gasteiger partial charge in [0.2, 0.25) is 5.91 Å². The quantitative estimate of drug-likeness (QED) is 0.899. The first-order chi connectivity index (χ1) is 11.1. The first-order valence-corrected chi connectivity index (χ1v) is 7.52. The maximum Gasteiger partial charge on any atom is 0.230 e. The molecule has 2 aromatic rings. The summed E-state index contributed by atoms with van der Waals surface area (Å²) in [6, 6.07) is 7.81. The normalized spacial score (nSPS) is 20.3. The van der Waals surface area contributed by atoms with E-state index in [9.17, 15) is 4.79 Å². The SMILES string of the molecule is Cc1[nH]nc(NC(=O)[C@@H]2CN(c3ccccn3)C[C@H]2C)c1C#N. The summed E-state index contributed by atoms with van der Waals surface area (Å²) in [6.45, 7) is 5.19. The third kappa shape index (κ3) is 2.88. The Labute approximate surface area is 134 Å². The van der Waals surface area contributed by atoms with Crippen LogP contribution in [-0.4, -0.2) is 34.2 Å². The molecular weight excluding hydrogens is 292 g/mol. The lowest BCUT2D eigenvalue weighted by Gasteiger charge is -2.16. The number of nitriles is 1. The number of pyridine rings is 1. The molecule has 3 heterocycles. The van der Waals surface area contributed by atoms with Gasteiger partial charge in [-0.1, -0.05) is 13.0 Å². The third-order valence-electron chi connectivity index (χ3n) is 4.22. The number of amides is 1. The molecule has 3 rings (SSSR count). The molecule has 23 heavy (non-hydrogen) atoms. The molecule has 1 fully saturated rings. The summed E-state index contributed by atoms with van der Waals surface area (Å²) in [7, 11) is 0. The number of carbonyl (C=O) groups excluding carboxylic acids is 1. The van der Waals surface area contributed by atoms with E-state index >= 15 is 0 Å². The second-order valence-electron chi connectivity index (χ2n) is 5.85. The van der Waals surface area contributed by atoms with Crippen LogP contribution < -0.4 is 10.2 Å². The number of aromatic nitrogens is 3. The maximum absolute atomic E-state index is 12.6. The molecule has 7 nitrogen and oxygen atoms in total. The monoisotopic (exact) mass is 310 g/mol. The molecule has 2 atom stereocenters. The zero-order valence-corrected chi connectivity index (χ0v) is 13.1.